The number of hydrogen-bond acceptors (Lipinski definition) is 2. The van der Waals surface area contributed by atoms with Crippen molar-refractivity contribution >= 4 is 41.5 Å². The summed E-state index contributed by atoms with van der Waals surface area (Å²) in [5, 5.41) is 0.443. The van der Waals surface area contributed by atoms with Crippen LogP contribution in [0.25, 0.3) is 0 Å². The quantitative estimate of drug-likeness (QED) is 0.372. The summed E-state index contributed by atoms with van der Waals surface area (Å²) >= 11 is 5.64. The average Bonchev–Trinajstić information content (AvgIpc) is 2.01. The minimum absolute atomic E-state index is 0. The molecular weight excluding hydrogens is 302 g/mol. The van der Waals surface area contributed by atoms with Crippen LogP contribution in [-0.2, 0) is 6.54 Å². The second kappa shape index (κ2) is 5.98. The van der Waals surface area contributed by atoms with Crippen molar-refractivity contribution in [2.24, 2.45) is 16.5 Å². The molecule has 0 bridgehead atoms. The van der Waals surface area contributed by atoms with Crippen molar-refractivity contribution in [3.63, 3.8) is 0 Å². The SMILES string of the molecule is I.NC(N)=NCc1cccc(Cl)n1. The molecule has 4 N–H and O–H groups in total. The fourth-order valence-corrected chi connectivity index (χ4v) is 0.892. The van der Waals surface area contributed by atoms with E-state index < -0.39 is 0 Å². The van der Waals surface area contributed by atoms with Crippen molar-refractivity contribution in [1.82, 2.24) is 4.98 Å². The number of aliphatic imine (C=N–C) groups is 1. The summed E-state index contributed by atoms with van der Waals surface area (Å²) in [4.78, 5) is 7.78. The Kier molecular flexibility index (Phi) is 5.72. The Hall–Kier alpha value is -0.560. The molecule has 13 heavy (non-hydrogen) atoms. The standard InChI is InChI=1S/C7H9ClN4.HI/c8-6-3-1-2-5(12-6)4-11-7(9)10;/h1-3H,4H2,(H4,9,10,11);1H. The zero-order valence-electron chi connectivity index (χ0n) is 6.77. The van der Waals surface area contributed by atoms with E-state index in [2.05, 4.69) is 9.98 Å². The van der Waals surface area contributed by atoms with E-state index in [0.29, 0.717) is 11.7 Å². The van der Waals surface area contributed by atoms with Gasteiger partial charge in [-0.3, -0.25) is 0 Å². The molecule has 4 nitrogen and oxygen atoms in total. The topological polar surface area (TPSA) is 77.3 Å². The number of pyridine rings is 1. The normalized spacial score (nSPS) is 8.69. The zero-order valence-corrected chi connectivity index (χ0v) is 9.86. The molecule has 0 saturated carbocycles. The molecule has 1 rings (SSSR count). The summed E-state index contributed by atoms with van der Waals surface area (Å²) in [5.74, 6) is 0.0526. The molecule has 1 aromatic rings. The van der Waals surface area contributed by atoms with E-state index >= 15 is 0 Å². The van der Waals surface area contributed by atoms with Crippen LogP contribution in [0.15, 0.2) is 23.2 Å². The van der Waals surface area contributed by atoms with Crippen LogP contribution in [-0.4, -0.2) is 10.9 Å². The Labute approximate surface area is 98.4 Å². The molecule has 0 radical (unpaired) electrons. The molecule has 0 amide bonds. The van der Waals surface area contributed by atoms with Crippen LogP contribution in [0.3, 0.4) is 0 Å². The highest BCUT2D eigenvalue weighted by molar-refractivity contribution is 14.0. The molecule has 0 saturated heterocycles. The predicted octanol–water partition coefficient (Wildman–Crippen LogP) is 1.13. The third-order valence-corrected chi connectivity index (χ3v) is 1.41. The number of nitrogens with two attached hydrogens (primary N) is 2. The number of aromatic nitrogens is 1. The lowest BCUT2D eigenvalue weighted by Gasteiger charge is -1.96. The van der Waals surface area contributed by atoms with Crippen molar-refractivity contribution in [3.8, 4) is 0 Å². The molecule has 0 aliphatic heterocycles. The van der Waals surface area contributed by atoms with Crippen LogP contribution in [0.4, 0.5) is 0 Å². The van der Waals surface area contributed by atoms with Crippen LogP contribution < -0.4 is 11.5 Å². The van der Waals surface area contributed by atoms with Crippen LogP contribution in [0, 0.1) is 0 Å². The van der Waals surface area contributed by atoms with Crippen LogP contribution >= 0.6 is 35.6 Å². The molecule has 0 atom stereocenters. The van der Waals surface area contributed by atoms with Gasteiger partial charge in [0.15, 0.2) is 5.96 Å². The number of halogens is 2. The number of rotatable bonds is 2. The van der Waals surface area contributed by atoms with Crippen molar-refractivity contribution in [1.29, 1.82) is 0 Å². The first-order chi connectivity index (χ1) is 5.68. The van der Waals surface area contributed by atoms with Gasteiger partial charge in [0, 0.05) is 0 Å². The Morgan fingerprint density at radius 2 is 2.15 bits per heavy atom. The molecule has 0 unspecified atom stereocenters. The van der Waals surface area contributed by atoms with Crippen molar-refractivity contribution in [2.75, 3.05) is 0 Å². The van der Waals surface area contributed by atoms with E-state index in [9.17, 15) is 0 Å². The van der Waals surface area contributed by atoms with E-state index in [1.807, 2.05) is 0 Å². The molecule has 6 heteroatoms. The highest BCUT2D eigenvalue weighted by Crippen LogP contribution is 2.05. The first kappa shape index (κ1) is 12.4. The van der Waals surface area contributed by atoms with Gasteiger partial charge in [-0.15, -0.1) is 24.0 Å². The summed E-state index contributed by atoms with van der Waals surface area (Å²) < 4.78 is 0. The first-order valence-electron chi connectivity index (χ1n) is 3.35. The van der Waals surface area contributed by atoms with Crippen molar-refractivity contribution < 1.29 is 0 Å². The fourth-order valence-electron chi connectivity index (χ4n) is 0.711. The second-order valence-electron chi connectivity index (χ2n) is 2.19. The van der Waals surface area contributed by atoms with E-state index in [4.69, 9.17) is 23.1 Å². The summed E-state index contributed by atoms with van der Waals surface area (Å²) in [5.41, 5.74) is 11.0. The van der Waals surface area contributed by atoms with E-state index in [1.54, 1.807) is 18.2 Å². The molecule has 1 heterocycles. The Bertz CT molecular complexity index is 298. The van der Waals surface area contributed by atoms with Crippen molar-refractivity contribution in [2.45, 2.75) is 6.54 Å². The molecule has 0 fully saturated rings. The van der Waals surface area contributed by atoms with Crippen molar-refractivity contribution in [3.05, 3.63) is 29.0 Å². The third kappa shape index (κ3) is 4.89. The van der Waals surface area contributed by atoms with Gasteiger partial charge in [-0.25, -0.2) is 9.98 Å². The first-order valence-corrected chi connectivity index (χ1v) is 3.73. The molecule has 72 valence electrons. The van der Waals surface area contributed by atoms with Gasteiger partial charge < -0.3 is 11.5 Å². The number of nitrogens with zero attached hydrogens (tertiary/aromatic N) is 2. The molecule has 0 aromatic carbocycles. The van der Waals surface area contributed by atoms with Gasteiger partial charge in [0.2, 0.25) is 0 Å². The summed E-state index contributed by atoms with van der Waals surface area (Å²) in [6.45, 7) is 0.364. The molecule has 1 aromatic heterocycles. The molecule has 0 aliphatic rings. The summed E-state index contributed by atoms with van der Waals surface area (Å²) in [7, 11) is 0. The van der Waals surface area contributed by atoms with Gasteiger partial charge >= 0.3 is 0 Å². The highest BCUT2D eigenvalue weighted by Gasteiger charge is 1.93. The maximum Gasteiger partial charge on any atom is 0.186 e. The maximum atomic E-state index is 5.64. The van der Waals surface area contributed by atoms with Crippen LogP contribution in [0.2, 0.25) is 5.15 Å². The fraction of sp³-hybridized carbons (Fsp3) is 0.143. The lowest BCUT2D eigenvalue weighted by Crippen LogP contribution is -2.22. The minimum Gasteiger partial charge on any atom is -0.370 e. The monoisotopic (exact) mass is 312 g/mol. The minimum atomic E-state index is 0. The number of guanidine groups is 1. The predicted molar refractivity (Wildman–Crippen MR) is 64.2 cm³/mol. The van der Waals surface area contributed by atoms with Gasteiger partial charge in [-0.1, -0.05) is 17.7 Å². The van der Waals surface area contributed by atoms with E-state index in [1.165, 1.54) is 0 Å². The molecule has 0 aliphatic carbocycles. The largest absolute Gasteiger partial charge is 0.370 e. The van der Waals surface area contributed by atoms with Gasteiger partial charge in [0.25, 0.3) is 0 Å². The van der Waals surface area contributed by atoms with Gasteiger partial charge in [-0.05, 0) is 12.1 Å². The molecular formula is C7H10ClIN4. The van der Waals surface area contributed by atoms with Crippen LogP contribution in [0.1, 0.15) is 5.69 Å². The summed E-state index contributed by atoms with van der Waals surface area (Å²) in [6.07, 6.45) is 0. The zero-order chi connectivity index (χ0) is 8.97. The maximum absolute atomic E-state index is 5.64. The Balaban J connectivity index is 0.00000144. The average molecular weight is 313 g/mol. The third-order valence-electron chi connectivity index (χ3n) is 1.20. The highest BCUT2D eigenvalue weighted by atomic mass is 127. The lowest BCUT2D eigenvalue weighted by atomic mass is 10.3. The number of hydrogen-bond donors (Lipinski definition) is 2. The van der Waals surface area contributed by atoms with E-state index in [-0.39, 0.29) is 29.9 Å². The van der Waals surface area contributed by atoms with E-state index in [0.717, 1.165) is 5.69 Å². The van der Waals surface area contributed by atoms with Gasteiger partial charge in [0.1, 0.15) is 5.15 Å². The lowest BCUT2D eigenvalue weighted by molar-refractivity contribution is 0.983. The Morgan fingerprint density at radius 1 is 1.46 bits per heavy atom. The second-order valence-corrected chi connectivity index (χ2v) is 2.58. The van der Waals surface area contributed by atoms with Gasteiger partial charge in [0.05, 0.1) is 12.2 Å². The van der Waals surface area contributed by atoms with Crippen LogP contribution in [0.5, 0.6) is 0 Å². The Morgan fingerprint density at radius 3 is 2.69 bits per heavy atom. The summed E-state index contributed by atoms with van der Waals surface area (Å²) in [6, 6.07) is 5.30. The smallest absolute Gasteiger partial charge is 0.186 e. The van der Waals surface area contributed by atoms with Gasteiger partial charge in [-0.2, -0.15) is 0 Å². The molecule has 0 spiro atoms.